The number of benzene rings is 2. The highest BCUT2D eigenvalue weighted by Crippen LogP contribution is 2.24. The van der Waals surface area contributed by atoms with Crippen molar-refractivity contribution >= 4 is 5.91 Å². The Morgan fingerprint density at radius 2 is 1.63 bits per heavy atom. The fourth-order valence-electron chi connectivity index (χ4n) is 4.43. The Labute approximate surface area is 204 Å². The molecule has 35 heavy (non-hydrogen) atoms. The molecule has 0 saturated heterocycles. The van der Waals surface area contributed by atoms with Crippen LogP contribution in [-0.2, 0) is 6.42 Å². The molecule has 3 heterocycles. The minimum absolute atomic E-state index is 0.150. The molecule has 1 N–H and O–H groups in total. The standard InChI is InChI=1S/C29H27N5O/c1-21-18-23(22(2)34(21)26-13-7-4-8-14-26)15-17-31-29(35)27-20-33(25-11-5-3-6-12-25)32-28(27)24-10-9-16-30-19-24/h3-14,16,18-20H,15,17H2,1-2H3,(H,31,35). The van der Waals surface area contributed by atoms with Crippen LogP contribution in [-0.4, -0.2) is 31.8 Å². The van der Waals surface area contributed by atoms with Gasteiger partial charge in [-0.1, -0.05) is 36.4 Å². The molecule has 0 bridgehead atoms. The van der Waals surface area contributed by atoms with Crippen molar-refractivity contribution in [2.24, 2.45) is 0 Å². The van der Waals surface area contributed by atoms with Gasteiger partial charge in [-0.3, -0.25) is 9.78 Å². The van der Waals surface area contributed by atoms with Gasteiger partial charge in [0.15, 0.2) is 0 Å². The summed E-state index contributed by atoms with van der Waals surface area (Å²) in [5.74, 6) is -0.150. The lowest BCUT2D eigenvalue weighted by molar-refractivity contribution is 0.0954. The van der Waals surface area contributed by atoms with E-state index in [-0.39, 0.29) is 5.91 Å². The second kappa shape index (κ2) is 9.81. The number of rotatable bonds is 7. The smallest absolute Gasteiger partial charge is 0.255 e. The SMILES string of the molecule is Cc1cc(CCNC(=O)c2cn(-c3ccccc3)nc2-c2cccnc2)c(C)n1-c1ccccc1. The highest BCUT2D eigenvalue weighted by molar-refractivity contribution is 5.99. The quantitative estimate of drug-likeness (QED) is 0.357. The van der Waals surface area contributed by atoms with Gasteiger partial charge >= 0.3 is 0 Å². The summed E-state index contributed by atoms with van der Waals surface area (Å²) < 4.78 is 3.99. The summed E-state index contributed by atoms with van der Waals surface area (Å²) in [6.07, 6.45) is 5.97. The minimum Gasteiger partial charge on any atom is -0.352 e. The predicted molar refractivity (Wildman–Crippen MR) is 138 cm³/mol. The number of hydrogen-bond donors (Lipinski definition) is 1. The summed E-state index contributed by atoms with van der Waals surface area (Å²) in [4.78, 5) is 17.5. The second-order valence-corrected chi connectivity index (χ2v) is 8.49. The van der Waals surface area contributed by atoms with E-state index < -0.39 is 0 Å². The van der Waals surface area contributed by atoms with Gasteiger partial charge < -0.3 is 9.88 Å². The van der Waals surface area contributed by atoms with E-state index in [1.54, 1.807) is 23.3 Å². The molecule has 0 atom stereocenters. The fraction of sp³-hybridized carbons (Fsp3) is 0.138. The van der Waals surface area contributed by atoms with E-state index in [0.717, 1.165) is 23.4 Å². The van der Waals surface area contributed by atoms with E-state index in [0.29, 0.717) is 17.8 Å². The molecule has 0 radical (unpaired) electrons. The molecule has 0 aliphatic heterocycles. The van der Waals surface area contributed by atoms with Gasteiger partial charge in [-0.2, -0.15) is 5.10 Å². The number of amides is 1. The normalized spacial score (nSPS) is 10.9. The van der Waals surface area contributed by atoms with Crippen molar-refractivity contribution in [2.45, 2.75) is 20.3 Å². The Morgan fingerprint density at radius 1 is 0.914 bits per heavy atom. The number of carbonyl (C=O) groups is 1. The molecule has 0 saturated carbocycles. The zero-order valence-electron chi connectivity index (χ0n) is 19.8. The number of nitrogens with one attached hydrogen (secondary N) is 1. The Morgan fingerprint density at radius 3 is 2.31 bits per heavy atom. The Bertz CT molecular complexity index is 1440. The molecule has 6 nitrogen and oxygen atoms in total. The first kappa shape index (κ1) is 22.3. The highest BCUT2D eigenvalue weighted by Gasteiger charge is 2.19. The van der Waals surface area contributed by atoms with E-state index in [1.165, 1.54) is 17.0 Å². The summed E-state index contributed by atoms with van der Waals surface area (Å²) in [6.45, 7) is 4.77. The van der Waals surface area contributed by atoms with Gasteiger partial charge in [0.2, 0.25) is 0 Å². The molecule has 5 rings (SSSR count). The first-order valence-electron chi connectivity index (χ1n) is 11.7. The van der Waals surface area contributed by atoms with Crippen LogP contribution in [0.4, 0.5) is 0 Å². The zero-order chi connectivity index (χ0) is 24.2. The predicted octanol–water partition coefficient (Wildman–Crippen LogP) is 5.31. The van der Waals surface area contributed by atoms with Crippen LogP contribution in [0.15, 0.2) is 97.5 Å². The van der Waals surface area contributed by atoms with Crippen LogP contribution in [0.5, 0.6) is 0 Å². The highest BCUT2D eigenvalue weighted by atomic mass is 16.1. The van der Waals surface area contributed by atoms with Crippen molar-refractivity contribution < 1.29 is 4.79 Å². The van der Waals surface area contributed by atoms with Gasteiger partial charge in [-0.05, 0) is 68.3 Å². The maximum Gasteiger partial charge on any atom is 0.255 e. The number of para-hydroxylation sites is 2. The van der Waals surface area contributed by atoms with Gasteiger partial charge in [0.25, 0.3) is 5.91 Å². The minimum atomic E-state index is -0.150. The van der Waals surface area contributed by atoms with Crippen LogP contribution in [0.1, 0.15) is 27.3 Å². The molecule has 5 aromatic rings. The molecule has 2 aromatic carbocycles. The summed E-state index contributed by atoms with van der Waals surface area (Å²) in [5.41, 5.74) is 7.57. The average molecular weight is 462 g/mol. The monoisotopic (exact) mass is 461 g/mol. The van der Waals surface area contributed by atoms with E-state index >= 15 is 0 Å². The van der Waals surface area contributed by atoms with Gasteiger partial charge in [-0.15, -0.1) is 0 Å². The van der Waals surface area contributed by atoms with Gasteiger partial charge in [0.1, 0.15) is 5.69 Å². The Kier molecular flexibility index (Phi) is 6.26. The maximum absolute atomic E-state index is 13.3. The molecule has 0 aliphatic rings. The van der Waals surface area contributed by atoms with Crippen LogP contribution < -0.4 is 5.32 Å². The first-order chi connectivity index (χ1) is 17.1. The summed E-state index contributed by atoms with van der Waals surface area (Å²) in [5, 5.41) is 7.81. The lowest BCUT2D eigenvalue weighted by atomic mass is 10.1. The van der Waals surface area contributed by atoms with Crippen LogP contribution in [0.25, 0.3) is 22.6 Å². The summed E-state index contributed by atoms with van der Waals surface area (Å²) in [7, 11) is 0. The van der Waals surface area contributed by atoms with Crippen molar-refractivity contribution in [1.29, 1.82) is 0 Å². The molecule has 6 heteroatoms. The second-order valence-electron chi connectivity index (χ2n) is 8.49. The van der Waals surface area contributed by atoms with Crippen molar-refractivity contribution in [3.63, 3.8) is 0 Å². The Hall–Kier alpha value is -4.45. The average Bonchev–Trinajstić information content (AvgIpc) is 3.47. The third kappa shape index (κ3) is 4.64. The van der Waals surface area contributed by atoms with E-state index in [4.69, 9.17) is 5.10 Å². The molecule has 0 spiro atoms. The molecule has 0 fully saturated rings. The van der Waals surface area contributed by atoms with E-state index in [1.807, 2.05) is 60.7 Å². The third-order valence-electron chi connectivity index (χ3n) is 6.14. The Balaban J connectivity index is 1.36. The molecule has 3 aromatic heterocycles. The third-order valence-corrected chi connectivity index (χ3v) is 6.14. The number of aromatic nitrogens is 4. The largest absolute Gasteiger partial charge is 0.352 e. The van der Waals surface area contributed by atoms with Crippen molar-refractivity contribution in [1.82, 2.24) is 24.6 Å². The number of pyridine rings is 1. The number of hydrogen-bond acceptors (Lipinski definition) is 3. The fourth-order valence-corrected chi connectivity index (χ4v) is 4.43. The summed E-state index contributed by atoms with van der Waals surface area (Å²) in [6, 6.07) is 26.1. The molecule has 1 amide bonds. The number of carbonyl (C=O) groups excluding carboxylic acids is 1. The van der Waals surface area contributed by atoms with Crippen molar-refractivity contribution in [2.75, 3.05) is 6.54 Å². The summed E-state index contributed by atoms with van der Waals surface area (Å²) >= 11 is 0. The van der Waals surface area contributed by atoms with Gasteiger partial charge in [0.05, 0.1) is 11.3 Å². The lowest BCUT2D eigenvalue weighted by Gasteiger charge is -2.10. The molecule has 0 aliphatic carbocycles. The zero-order valence-corrected chi connectivity index (χ0v) is 19.8. The number of nitrogens with zero attached hydrogens (tertiary/aromatic N) is 4. The molecule has 0 unspecified atom stereocenters. The number of aryl methyl sites for hydroxylation is 1. The molecular weight excluding hydrogens is 434 g/mol. The van der Waals surface area contributed by atoms with Crippen LogP contribution in [0, 0.1) is 13.8 Å². The van der Waals surface area contributed by atoms with Crippen LogP contribution in [0.3, 0.4) is 0 Å². The molecule has 174 valence electrons. The topological polar surface area (TPSA) is 64.7 Å². The lowest BCUT2D eigenvalue weighted by Crippen LogP contribution is -2.26. The van der Waals surface area contributed by atoms with Crippen molar-refractivity contribution in [3.8, 4) is 22.6 Å². The van der Waals surface area contributed by atoms with Crippen molar-refractivity contribution in [3.05, 3.63) is 120 Å². The van der Waals surface area contributed by atoms with E-state index in [9.17, 15) is 4.79 Å². The van der Waals surface area contributed by atoms with Gasteiger partial charge in [0, 0.05) is 47.8 Å². The maximum atomic E-state index is 13.3. The van der Waals surface area contributed by atoms with Crippen LogP contribution >= 0.6 is 0 Å². The van der Waals surface area contributed by atoms with E-state index in [2.05, 4.69) is 46.9 Å². The molecular formula is C29H27N5O. The first-order valence-corrected chi connectivity index (χ1v) is 11.7. The van der Waals surface area contributed by atoms with Gasteiger partial charge in [-0.25, -0.2) is 4.68 Å². The van der Waals surface area contributed by atoms with Crippen LogP contribution in [0.2, 0.25) is 0 Å².